The van der Waals surface area contributed by atoms with Crippen molar-refractivity contribution in [3.8, 4) is 6.07 Å². The number of hydrogen-bond donors (Lipinski definition) is 2. The number of aliphatic imine (C=N–C) groups is 1. The molecule has 16 heavy (non-hydrogen) atoms. The predicted molar refractivity (Wildman–Crippen MR) is 46.0 cm³/mol. The summed E-state index contributed by atoms with van der Waals surface area (Å²) in [6.45, 7) is 0. The fourth-order valence-electron chi connectivity index (χ4n) is 0.882. The van der Waals surface area contributed by atoms with E-state index in [0.29, 0.717) is 6.08 Å². The lowest BCUT2D eigenvalue weighted by molar-refractivity contribution is -0.132. The van der Waals surface area contributed by atoms with Crippen LogP contribution in [-0.4, -0.2) is 23.5 Å². The van der Waals surface area contributed by atoms with Gasteiger partial charge in [0.1, 0.15) is 11.8 Å². The fraction of sp³-hybridized carbons (Fsp3) is 0.125. The predicted octanol–water partition coefficient (Wildman–Crippen LogP) is 0.926. The number of hydrogen-bond acceptors (Lipinski definition) is 4. The van der Waals surface area contributed by atoms with Crippen LogP contribution >= 0.6 is 0 Å². The van der Waals surface area contributed by atoms with Gasteiger partial charge in [-0.2, -0.15) is 18.4 Å². The molecule has 0 aliphatic carbocycles. The summed E-state index contributed by atoms with van der Waals surface area (Å²) in [5.74, 6) is -2.28. The first-order valence-electron chi connectivity index (χ1n) is 3.82. The van der Waals surface area contributed by atoms with E-state index >= 15 is 0 Å². The first-order chi connectivity index (χ1) is 7.36. The zero-order chi connectivity index (χ0) is 12.3. The second-order valence-corrected chi connectivity index (χ2v) is 2.62. The Labute approximate surface area is 87.2 Å². The average Bonchev–Trinajstić information content (AvgIpc) is 2.17. The van der Waals surface area contributed by atoms with Crippen LogP contribution in [0.4, 0.5) is 13.2 Å². The van der Waals surface area contributed by atoms with Gasteiger partial charge in [0, 0.05) is 6.21 Å². The summed E-state index contributed by atoms with van der Waals surface area (Å²) in [6, 6.07) is 1.25. The summed E-state index contributed by atoms with van der Waals surface area (Å²) in [4.78, 5) is 13.8. The lowest BCUT2D eigenvalue weighted by atomic mass is 10.2. The summed E-state index contributed by atoms with van der Waals surface area (Å²) in [6.07, 6.45) is -3.24. The van der Waals surface area contributed by atoms with E-state index in [9.17, 15) is 18.0 Å². The topological polar surface area (TPSA) is 85.5 Å². The summed E-state index contributed by atoms with van der Waals surface area (Å²) < 4.78 is 36.7. The number of carboxylic acids is 1. The average molecular weight is 231 g/mol. The molecular weight excluding hydrogens is 227 g/mol. The van der Waals surface area contributed by atoms with Crippen LogP contribution in [0.5, 0.6) is 0 Å². The van der Waals surface area contributed by atoms with Crippen LogP contribution < -0.4 is 5.32 Å². The molecule has 0 saturated heterocycles. The SMILES string of the molecule is N#CC(C(=O)O)=C1N=CC=C(C(F)(F)F)N1. The number of carboxylic acid groups (broad SMARTS) is 1. The Morgan fingerprint density at radius 3 is 2.62 bits per heavy atom. The fourth-order valence-corrected chi connectivity index (χ4v) is 0.882. The van der Waals surface area contributed by atoms with E-state index in [1.54, 1.807) is 5.32 Å². The molecule has 0 aromatic carbocycles. The van der Waals surface area contributed by atoms with Crippen molar-refractivity contribution >= 4 is 12.2 Å². The third-order valence-corrected chi connectivity index (χ3v) is 1.57. The van der Waals surface area contributed by atoms with Gasteiger partial charge in [0.25, 0.3) is 0 Å². The van der Waals surface area contributed by atoms with Crippen LogP contribution in [0.3, 0.4) is 0 Å². The quantitative estimate of drug-likeness (QED) is 0.519. The minimum atomic E-state index is -4.66. The maximum atomic E-state index is 12.2. The monoisotopic (exact) mass is 231 g/mol. The van der Waals surface area contributed by atoms with Gasteiger partial charge in [-0.05, 0) is 6.08 Å². The third kappa shape index (κ3) is 2.38. The zero-order valence-electron chi connectivity index (χ0n) is 7.54. The van der Waals surface area contributed by atoms with E-state index in [1.807, 2.05) is 0 Å². The highest BCUT2D eigenvalue weighted by Crippen LogP contribution is 2.25. The number of carbonyl (C=O) groups is 1. The standard InChI is InChI=1S/C8H4F3N3O2/c9-8(10,11)5-1-2-13-6(14-5)4(3-12)7(15)16/h1-2,14H,(H,15,16). The number of allylic oxidation sites excluding steroid dienone is 2. The summed E-state index contributed by atoms with van der Waals surface area (Å²) in [7, 11) is 0. The summed E-state index contributed by atoms with van der Waals surface area (Å²) >= 11 is 0. The van der Waals surface area contributed by atoms with Crippen molar-refractivity contribution in [2.45, 2.75) is 6.18 Å². The van der Waals surface area contributed by atoms with Gasteiger partial charge in [0.05, 0.1) is 0 Å². The molecular formula is C8H4F3N3O2. The van der Waals surface area contributed by atoms with E-state index in [0.717, 1.165) is 6.21 Å². The van der Waals surface area contributed by atoms with Crippen molar-refractivity contribution in [3.05, 3.63) is 23.2 Å². The molecule has 1 heterocycles. The van der Waals surface area contributed by atoms with Gasteiger partial charge < -0.3 is 10.4 Å². The Balaban J connectivity index is 3.11. The molecule has 0 amide bonds. The number of alkyl halides is 3. The van der Waals surface area contributed by atoms with E-state index in [1.165, 1.54) is 6.07 Å². The van der Waals surface area contributed by atoms with Crippen LogP contribution in [0.15, 0.2) is 28.2 Å². The van der Waals surface area contributed by atoms with Gasteiger partial charge in [0.15, 0.2) is 11.4 Å². The molecule has 8 heteroatoms. The number of halogens is 3. The van der Waals surface area contributed by atoms with Crippen LogP contribution in [0.1, 0.15) is 0 Å². The van der Waals surface area contributed by atoms with Crippen molar-refractivity contribution in [2.24, 2.45) is 4.99 Å². The lowest BCUT2D eigenvalue weighted by Gasteiger charge is -2.16. The van der Waals surface area contributed by atoms with E-state index in [-0.39, 0.29) is 0 Å². The molecule has 2 N–H and O–H groups in total. The van der Waals surface area contributed by atoms with Crippen LogP contribution in [-0.2, 0) is 4.79 Å². The van der Waals surface area contributed by atoms with E-state index in [4.69, 9.17) is 10.4 Å². The van der Waals surface area contributed by atoms with Crippen molar-refractivity contribution < 1.29 is 23.1 Å². The highest BCUT2D eigenvalue weighted by molar-refractivity contribution is 5.92. The second-order valence-electron chi connectivity index (χ2n) is 2.62. The minimum Gasteiger partial charge on any atom is -0.477 e. The molecule has 1 aliphatic rings. The molecule has 84 valence electrons. The minimum absolute atomic E-state index is 0.634. The Kier molecular flexibility index (Phi) is 2.99. The molecule has 1 aliphatic heterocycles. The summed E-state index contributed by atoms with van der Waals surface area (Å²) in [5.41, 5.74) is -2.06. The van der Waals surface area contributed by atoms with E-state index < -0.39 is 29.2 Å². The van der Waals surface area contributed by atoms with Crippen molar-refractivity contribution in [2.75, 3.05) is 0 Å². The first-order valence-corrected chi connectivity index (χ1v) is 3.82. The third-order valence-electron chi connectivity index (χ3n) is 1.57. The van der Waals surface area contributed by atoms with Crippen LogP contribution in [0.2, 0.25) is 0 Å². The largest absolute Gasteiger partial charge is 0.477 e. The van der Waals surface area contributed by atoms with Crippen LogP contribution in [0, 0.1) is 11.3 Å². The molecule has 0 radical (unpaired) electrons. The lowest BCUT2D eigenvalue weighted by Crippen LogP contribution is -2.29. The molecule has 0 atom stereocenters. The molecule has 0 spiro atoms. The second kappa shape index (κ2) is 4.06. The van der Waals surface area contributed by atoms with Gasteiger partial charge >= 0.3 is 12.1 Å². The molecule has 0 saturated carbocycles. The van der Waals surface area contributed by atoms with Crippen molar-refractivity contribution in [1.29, 1.82) is 5.26 Å². The van der Waals surface area contributed by atoms with Crippen LogP contribution in [0.25, 0.3) is 0 Å². The van der Waals surface area contributed by atoms with E-state index in [2.05, 4.69) is 4.99 Å². The maximum Gasteiger partial charge on any atom is 0.431 e. The Morgan fingerprint density at radius 2 is 2.19 bits per heavy atom. The number of aliphatic carboxylic acids is 1. The van der Waals surface area contributed by atoms with Gasteiger partial charge in [-0.25, -0.2) is 9.79 Å². The Morgan fingerprint density at radius 1 is 1.56 bits per heavy atom. The number of nitriles is 1. The van der Waals surface area contributed by atoms with Crippen molar-refractivity contribution in [3.63, 3.8) is 0 Å². The number of rotatable bonds is 1. The molecule has 0 unspecified atom stereocenters. The van der Waals surface area contributed by atoms with Gasteiger partial charge in [-0.15, -0.1) is 0 Å². The Bertz CT molecular complexity index is 454. The zero-order valence-corrected chi connectivity index (χ0v) is 7.54. The first kappa shape index (κ1) is 11.8. The normalized spacial score (nSPS) is 18.2. The van der Waals surface area contributed by atoms with Crippen molar-refractivity contribution in [1.82, 2.24) is 5.32 Å². The number of nitrogens with zero attached hydrogens (tertiary/aromatic N) is 2. The summed E-state index contributed by atoms with van der Waals surface area (Å²) in [5, 5.41) is 18.7. The maximum absolute atomic E-state index is 12.2. The highest BCUT2D eigenvalue weighted by atomic mass is 19.4. The molecule has 0 aromatic heterocycles. The number of nitrogens with one attached hydrogen (secondary N) is 1. The highest BCUT2D eigenvalue weighted by Gasteiger charge is 2.35. The van der Waals surface area contributed by atoms with Gasteiger partial charge in [0.2, 0.25) is 0 Å². The molecule has 0 bridgehead atoms. The Hall–Kier alpha value is -2.30. The van der Waals surface area contributed by atoms with Gasteiger partial charge in [-0.1, -0.05) is 0 Å². The molecule has 5 nitrogen and oxygen atoms in total. The molecule has 0 fully saturated rings. The molecule has 1 rings (SSSR count). The molecule has 0 aromatic rings. The van der Waals surface area contributed by atoms with Gasteiger partial charge in [-0.3, -0.25) is 0 Å². The smallest absolute Gasteiger partial charge is 0.431 e.